The van der Waals surface area contributed by atoms with Crippen LogP contribution in [0.1, 0.15) is 6.92 Å². The fourth-order valence-corrected chi connectivity index (χ4v) is 3.67. The molecular weight excluding hydrogens is 436 g/mol. The Balaban J connectivity index is 1.58. The second-order valence-corrected chi connectivity index (χ2v) is 7.57. The third kappa shape index (κ3) is 4.39. The maximum atomic E-state index is 13.0. The van der Waals surface area contributed by atoms with E-state index >= 15 is 0 Å². The third-order valence-electron chi connectivity index (χ3n) is 5.41. The van der Waals surface area contributed by atoms with Crippen LogP contribution in [-0.4, -0.2) is 69.5 Å². The Morgan fingerprint density at radius 2 is 1.73 bits per heavy atom. The predicted molar refractivity (Wildman–Crippen MR) is 115 cm³/mol. The largest absolute Gasteiger partial charge is 0.507 e. The lowest BCUT2D eigenvalue weighted by atomic mass is 9.99. The van der Waals surface area contributed by atoms with E-state index in [1.807, 2.05) is 0 Å². The molecule has 1 fully saturated rings. The summed E-state index contributed by atoms with van der Waals surface area (Å²) in [5.41, 5.74) is 0.454. The van der Waals surface area contributed by atoms with E-state index in [0.717, 1.165) is 0 Å². The van der Waals surface area contributed by atoms with Gasteiger partial charge in [-0.1, -0.05) is 12.1 Å². The number of aliphatic hydroxyl groups is 4. The molecular formula is C23H24O10. The number of aliphatic hydroxyl groups excluding tert-OH is 4. The summed E-state index contributed by atoms with van der Waals surface area (Å²) in [6.45, 7) is 1.62. The maximum absolute atomic E-state index is 13.0. The smallest absolute Gasteiger partial charge is 0.229 e. The van der Waals surface area contributed by atoms with Gasteiger partial charge in [0.25, 0.3) is 0 Å². The Morgan fingerprint density at radius 1 is 1.00 bits per heavy atom. The van der Waals surface area contributed by atoms with Crippen molar-refractivity contribution in [3.05, 3.63) is 52.9 Å². The van der Waals surface area contributed by atoms with Crippen LogP contribution >= 0.6 is 0 Å². The normalized spacial score (nSPS) is 25.2. The minimum Gasteiger partial charge on any atom is -0.507 e. The number of benzene rings is 2. The van der Waals surface area contributed by atoms with Crippen molar-refractivity contribution in [2.75, 3.05) is 13.2 Å². The van der Waals surface area contributed by atoms with Crippen LogP contribution in [0.25, 0.3) is 22.1 Å². The van der Waals surface area contributed by atoms with E-state index in [9.17, 15) is 30.3 Å². The Morgan fingerprint density at radius 3 is 2.39 bits per heavy atom. The van der Waals surface area contributed by atoms with Gasteiger partial charge in [-0.15, -0.1) is 0 Å². The molecule has 176 valence electrons. The predicted octanol–water partition coefficient (Wildman–Crippen LogP) is 0.743. The van der Waals surface area contributed by atoms with Gasteiger partial charge in [0.05, 0.1) is 18.8 Å². The van der Waals surface area contributed by atoms with Gasteiger partial charge in [-0.25, -0.2) is 0 Å². The molecule has 1 aliphatic heterocycles. The van der Waals surface area contributed by atoms with E-state index in [-0.39, 0.29) is 28.0 Å². The van der Waals surface area contributed by atoms with Crippen molar-refractivity contribution in [1.82, 2.24) is 0 Å². The Labute approximate surface area is 187 Å². The van der Waals surface area contributed by atoms with E-state index in [0.29, 0.717) is 17.9 Å². The molecule has 2 heterocycles. The minimum absolute atomic E-state index is 0.0256. The summed E-state index contributed by atoms with van der Waals surface area (Å²) in [4.78, 5) is 13.0. The molecule has 0 saturated carbocycles. The molecule has 0 spiro atoms. The topological polar surface area (TPSA) is 159 Å². The fourth-order valence-electron chi connectivity index (χ4n) is 3.67. The molecule has 3 aromatic rings. The molecule has 4 rings (SSSR count). The number of phenolic OH excluding ortho intramolecular Hbond substituents is 1. The molecule has 1 aliphatic rings. The molecule has 1 aromatic heterocycles. The van der Waals surface area contributed by atoms with Gasteiger partial charge in [-0.3, -0.25) is 4.79 Å². The minimum atomic E-state index is -1.56. The molecule has 10 nitrogen and oxygen atoms in total. The summed E-state index contributed by atoms with van der Waals surface area (Å²) >= 11 is 0. The van der Waals surface area contributed by atoms with Crippen molar-refractivity contribution in [3.8, 4) is 28.4 Å². The van der Waals surface area contributed by atoms with Gasteiger partial charge in [-0.2, -0.15) is 0 Å². The second kappa shape index (κ2) is 9.38. The van der Waals surface area contributed by atoms with E-state index in [1.54, 1.807) is 19.1 Å². The molecule has 0 aliphatic carbocycles. The van der Waals surface area contributed by atoms with Crippen LogP contribution in [0.4, 0.5) is 0 Å². The first-order chi connectivity index (χ1) is 15.8. The molecule has 2 aromatic carbocycles. The van der Waals surface area contributed by atoms with Crippen molar-refractivity contribution in [3.63, 3.8) is 0 Å². The number of rotatable bonds is 6. The van der Waals surface area contributed by atoms with Crippen LogP contribution in [-0.2, 0) is 4.74 Å². The van der Waals surface area contributed by atoms with E-state index < -0.39 is 42.7 Å². The molecule has 5 N–H and O–H groups in total. The van der Waals surface area contributed by atoms with Gasteiger partial charge in [0, 0.05) is 12.1 Å². The average Bonchev–Trinajstić information content (AvgIpc) is 2.80. The highest BCUT2D eigenvalue weighted by Crippen LogP contribution is 2.31. The maximum Gasteiger partial charge on any atom is 0.229 e. The number of hydrogen-bond acceptors (Lipinski definition) is 10. The molecule has 0 bridgehead atoms. The highest BCUT2D eigenvalue weighted by Gasteiger charge is 2.44. The van der Waals surface area contributed by atoms with Crippen molar-refractivity contribution in [2.45, 2.75) is 37.6 Å². The van der Waals surface area contributed by atoms with Crippen LogP contribution < -0.4 is 14.9 Å². The van der Waals surface area contributed by atoms with E-state index in [2.05, 4.69) is 0 Å². The third-order valence-corrected chi connectivity index (χ3v) is 5.41. The highest BCUT2D eigenvalue weighted by molar-refractivity contribution is 5.88. The number of fused-ring (bicyclic) bond motifs is 1. The summed E-state index contributed by atoms with van der Waals surface area (Å²) in [5, 5.41) is 49.5. The summed E-state index contributed by atoms with van der Waals surface area (Å²) in [6.07, 6.45) is -5.72. The number of ether oxygens (including phenoxy) is 3. The Kier molecular flexibility index (Phi) is 6.54. The lowest BCUT2D eigenvalue weighted by Crippen LogP contribution is -2.60. The standard InChI is InChI=1S/C23H24O10/c1-2-30-13-7-15(25)18-16(8-13)31-10-14(19(18)26)11-3-5-12(6-4-11)32-23-22(29)21(28)20(27)17(9-24)33-23/h3-8,10,17,20-25,27-29H,2,9H2,1H3/t17-,20-,21+,22-,23+/m0/s1. The molecule has 5 atom stereocenters. The summed E-state index contributed by atoms with van der Waals surface area (Å²) in [6, 6.07) is 9.05. The van der Waals surface area contributed by atoms with Gasteiger partial charge in [0.1, 0.15) is 58.9 Å². The lowest BCUT2D eigenvalue weighted by Gasteiger charge is -2.39. The highest BCUT2D eigenvalue weighted by atomic mass is 16.7. The zero-order valence-electron chi connectivity index (χ0n) is 17.6. The van der Waals surface area contributed by atoms with Crippen molar-refractivity contribution < 1.29 is 44.2 Å². The van der Waals surface area contributed by atoms with Crippen LogP contribution in [0, 0.1) is 0 Å². The van der Waals surface area contributed by atoms with Gasteiger partial charge in [-0.05, 0) is 24.6 Å². The molecule has 10 heteroatoms. The summed E-state index contributed by atoms with van der Waals surface area (Å²) in [7, 11) is 0. The first kappa shape index (κ1) is 23.0. The monoisotopic (exact) mass is 460 g/mol. The average molecular weight is 460 g/mol. The summed E-state index contributed by atoms with van der Waals surface area (Å²) < 4.78 is 21.8. The van der Waals surface area contributed by atoms with Crippen LogP contribution in [0.5, 0.6) is 17.2 Å². The number of phenols is 1. The zero-order chi connectivity index (χ0) is 23.7. The SMILES string of the molecule is CCOc1cc(O)c2c(=O)c(-c3ccc(O[C@@H]4O[C@@H](CO)[C@H](O)[C@@H](O)[C@@H]4O)cc3)coc2c1. The van der Waals surface area contributed by atoms with E-state index in [4.69, 9.17) is 18.6 Å². The van der Waals surface area contributed by atoms with E-state index in [1.165, 1.54) is 30.5 Å². The van der Waals surface area contributed by atoms with Gasteiger partial charge < -0.3 is 44.2 Å². The fraction of sp³-hybridized carbons (Fsp3) is 0.348. The Hall–Kier alpha value is -3.15. The van der Waals surface area contributed by atoms with Crippen molar-refractivity contribution in [2.24, 2.45) is 0 Å². The number of hydrogen-bond donors (Lipinski definition) is 5. The zero-order valence-corrected chi connectivity index (χ0v) is 17.6. The van der Waals surface area contributed by atoms with Crippen LogP contribution in [0.15, 0.2) is 51.9 Å². The van der Waals surface area contributed by atoms with Gasteiger partial charge in [0.15, 0.2) is 0 Å². The summed E-state index contributed by atoms with van der Waals surface area (Å²) in [5.74, 6) is 0.375. The van der Waals surface area contributed by atoms with Crippen molar-refractivity contribution in [1.29, 1.82) is 0 Å². The second-order valence-electron chi connectivity index (χ2n) is 7.57. The van der Waals surface area contributed by atoms with Gasteiger partial charge in [0.2, 0.25) is 11.7 Å². The number of aromatic hydroxyl groups is 1. The Bertz CT molecular complexity index is 1170. The molecule has 1 saturated heterocycles. The van der Waals surface area contributed by atoms with Crippen molar-refractivity contribution >= 4 is 11.0 Å². The van der Waals surface area contributed by atoms with Gasteiger partial charge >= 0.3 is 0 Å². The molecule has 0 amide bonds. The first-order valence-electron chi connectivity index (χ1n) is 10.3. The van der Waals surface area contributed by atoms with Crippen LogP contribution in [0.3, 0.4) is 0 Å². The molecule has 0 radical (unpaired) electrons. The molecule has 33 heavy (non-hydrogen) atoms. The quantitative estimate of drug-likeness (QED) is 0.355. The molecule has 0 unspecified atom stereocenters. The lowest BCUT2D eigenvalue weighted by molar-refractivity contribution is -0.277. The van der Waals surface area contributed by atoms with Crippen LogP contribution in [0.2, 0.25) is 0 Å². The first-order valence-corrected chi connectivity index (χ1v) is 10.3.